The van der Waals surface area contributed by atoms with E-state index in [2.05, 4.69) is 20.5 Å². The zero-order valence-electron chi connectivity index (χ0n) is 15.1. The maximum Gasteiger partial charge on any atom is 0.264 e. The van der Waals surface area contributed by atoms with Crippen LogP contribution in [0.2, 0.25) is 0 Å². The third-order valence-electron chi connectivity index (χ3n) is 4.69. The number of nitrogens with one attached hydrogen (secondary N) is 1. The average Bonchev–Trinajstić information content (AvgIpc) is 3.32. The first-order valence-corrected chi connectivity index (χ1v) is 8.94. The van der Waals surface area contributed by atoms with Crippen LogP contribution in [0.15, 0.2) is 18.5 Å². The lowest BCUT2D eigenvalue weighted by Gasteiger charge is -2.08. The van der Waals surface area contributed by atoms with Crippen molar-refractivity contribution in [3.8, 4) is 0 Å². The van der Waals surface area contributed by atoms with Crippen molar-refractivity contribution in [2.24, 2.45) is 0 Å². The molecule has 0 radical (unpaired) electrons. The Balaban J connectivity index is 1.65. The smallest absolute Gasteiger partial charge is 0.264 e. The molecule has 1 aliphatic carbocycles. The molecule has 27 heavy (non-hydrogen) atoms. The van der Waals surface area contributed by atoms with Gasteiger partial charge in [0.25, 0.3) is 6.43 Å². The number of aryl methyl sites for hydroxylation is 2. The number of carbonyl (C=O) groups excluding carboxylic acids is 1. The van der Waals surface area contributed by atoms with Crippen LogP contribution in [0.4, 0.5) is 14.5 Å². The van der Waals surface area contributed by atoms with Crippen LogP contribution in [-0.4, -0.2) is 30.5 Å². The summed E-state index contributed by atoms with van der Waals surface area (Å²) in [7, 11) is 0. The largest absolute Gasteiger partial charge is 0.322 e. The fourth-order valence-electron chi connectivity index (χ4n) is 3.22. The number of aromatic nitrogens is 5. The minimum atomic E-state index is -2.61. The Kier molecular flexibility index (Phi) is 4.37. The van der Waals surface area contributed by atoms with Gasteiger partial charge in [-0.1, -0.05) is 0 Å². The molecule has 9 heteroatoms. The summed E-state index contributed by atoms with van der Waals surface area (Å²) in [6, 6.07) is 1.49. The van der Waals surface area contributed by atoms with E-state index in [9.17, 15) is 13.6 Å². The number of amides is 1. The van der Waals surface area contributed by atoms with Gasteiger partial charge in [-0.05, 0) is 32.8 Å². The fourth-order valence-corrected chi connectivity index (χ4v) is 3.22. The molecule has 0 spiro atoms. The average molecular weight is 374 g/mol. The number of rotatable bonds is 6. The van der Waals surface area contributed by atoms with Crippen LogP contribution >= 0.6 is 0 Å². The second-order valence-electron chi connectivity index (χ2n) is 6.79. The van der Waals surface area contributed by atoms with Gasteiger partial charge in [-0.2, -0.15) is 10.2 Å². The third kappa shape index (κ3) is 3.41. The van der Waals surface area contributed by atoms with Gasteiger partial charge >= 0.3 is 0 Å². The molecule has 3 aromatic rings. The summed E-state index contributed by atoms with van der Waals surface area (Å²) in [6.45, 7) is 4.20. The predicted octanol–water partition coefficient (Wildman–Crippen LogP) is 3.41. The minimum Gasteiger partial charge on any atom is -0.322 e. The van der Waals surface area contributed by atoms with Crippen molar-refractivity contribution in [3.63, 3.8) is 0 Å². The number of anilines is 1. The van der Waals surface area contributed by atoms with Crippen molar-refractivity contribution in [2.45, 2.75) is 52.1 Å². The molecule has 0 bridgehead atoms. The number of halogens is 2. The van der Waals surface area contributed by atoms with Gasteiger partial charge in [0, 0.05) is 29.9 Å². The SMILES string of the molecule is CCn1cc(NC(=O)Cn2nc(C)c3c(C(F)F)cc(C4CC4)nc32)cn1. The first kappa shape index (κ1) is 17.6. The van der Waals surface area contributed by atoms with Gasteiger partial charge in [0.15, 0.2) is 5.65 Å². The quantitative estimate of drug-likeness (QED) is 0.717. The van der Waals surface area contributed by atoms with Gasteiger partial charge in [-0.3, -0.25) is 9.48 Å². The molecule has 3 heterocycles. The lowest BCUT2D eigenvalue weighted by atomic mass is 10.1. The molecular formula is C18H20F2N6O. The van der Waals surface area contributed by atoms with E-state index in [4.69, 9.17) is 0 Å². The number of hydrogen-bond acceptors (Lipinski definition) is 4. The van der Waals surface area contributed by atoms with E-state index in [1.807, 2.05) is 6.92 Å². The maximum absolute atomic E-state index is 13.6. The van der Waals surface area contributed by atoms with Crippen molar-refractivity contribution in [1.82, 2.24) is 24.5 Å². The van der Waals surface area contributed by atoms with Crippen LogP contribution < -0.4 is 5.32 Å². The summed E-state index contributed by atoms with van der Waals surface area (Å²) in [4.78, 5) is 16.9. The highest BCUT2D eigenvalue weighted by molar-refractivity contribution is 5.91. The van der Waals surface area contributed by atoms with Crippen LogP contribution in [0.3, 0.4) is 0 Å². The number of fused-ring (bicyclic) bond motifs is 1. The Morgan fingerprint density at radius 1 is 1.41 bits per heavy atom. The number of pyridine rings is 1. The zero-order chi connectivity index (χ0) is 19.1. The molecule has 0 atom stereocenters. The Bertz CT molecular complexity index is 1000. The van der Waals surface area contributed by atoms with E-state index >= 15 is 0 Å². The van der Waals surface area contributed by atoms with Crippen molar-refractivity contribution in [3.05, 3.63) is 35.4 Å². The topological polar surface area (TPSA) is 77.6 Å². The highest BCUT2D eigenvalue weighted by atomic mass is 19.3. The molecule has 0 aromatic carbocycles. The van der Waals surface area contributed by atoms with E-state index in [0.717, 1.165) is 12.8 Å². The predicted molar refractivity (Wildman–Crippen MR) is 95.7 cm³/mol. The molecule has 0 unspecified atom stereocenters. The molecule has 1 saturated carbocycles. The second-order valence-corrected chi connectivity index (χ2v) is 6.79. The van der Waals surface area contributed by atoms with Crippen LogP contribution in [0.25, 0.3) is 11.0 Å². The lowest BCUT2D eigenvalue weighted by molar-refractivity contribution is -0.116. The molecule has 0 aliphatic heterocycles. The Labute approximate surface area is 154 Å². The molecule has 0 saturated heterocycles. The molecule has 1 aliphatic rings. The van der Waals surface area contributed by atoms with Crippen molar-refractivity contribution < 1.29 is 13.6 Å². The van der Waals surface area contributed by atoms with Crippen LogP contribution in [0, 0.1) is 6.92 Å². The van der Waals surface area contributed by atoms with E-state index in [1.54, 1.807) is 24.0 Å². The van der Waals surface area contributed by atoms with Gasteiger partial charge in [0.1, 0.15) is 6.54 Å². The van der Waals surface area contributed by atoms with E-state index in [-0.39, 0.29) is 23.9 Å². The van der Waals surface area contributed by atoms with Gasteiger partial charge in [-0.15, -0.1) is 0 Å². The summed E-state index contributed by atoms with van der Waals surface area (Å²) in [5, 5.41) is 11.5. The van der Waals surface area contributed by atoms with Gasteiger partial charge in [0.2, 0.25) is 5.91 Å². The van der Waals surface area contributed by atoms with Gasteiger partial charge < -0.3 is 5.32 Å². The van der Waals surface area contributed by atoms with Gasteiger partial charge in [-0.25, -0.2) is 18.4 Å². The molecule has 7 nitrogen and oxygen atoms in total. The minimum absolute atomic E-state index is 0.0599. The summed E-state index contributed by atoms with van der Waals surface area (Å²) in [5.74, 6) is -0.0865. The Morgan fingerprint density at radius 2 is 2.19 bits per heavy atom. The van der Waals surface area contributed by atoms with Gasteiger partial charge in [0.05, 0.1) is 23.0 Å². The maximum atomic E-state index is 13.6. The van der Waals surface area contributed by atoms with Crippen molar-refractivity contribution >= 4 is 22.6 Å². The van der Waals surface area contributed by atoms with Crippen LogP contribution in [0.1, 0.15) is 49.1 Å². The van der Waals surface area contributed by atoms with E-state index in [0.29, 0.717) is 34.7 Å². The highest BCUT2D eigenvalue weighted by Crippen LogP contribution is 2.41. The van der Waals surface area contributed by atoms with Crippen LogP contribution in [0.5, 0.6) is 0 Å². The summed E-state index contributed by atoms with van der Waals surface area (Å²) < 4.78 is 30.3. The molecule has 4 rings (SSSR count). The molecule has 1 N–H and O–H groups in total. The Hall–Kier alpha value is -2.84. The number of alkyl halides is 2. The van der Waals surface area contributed by atoms with Crippen molar-refractivity contribution in [1.29, 1.82) is 0 Å². The summed E-state index contributed by atoms with van der Waals surface area (Å²) in [5.41, 5.74) is 1.96. The molecule has 1 amide bonds. The first-order valence-electron chi connectivity index (χ1n) is 8.94. The van der Waals surface area contributed by atoms with E-state index in [1.165, 1.54) is 10.7 Å². The van der Waals surface area contributed by atoms with Crippen LogP contribution in [-0.2, 0) is 17.9 Å². The number of hydrogen-bond donors (Lipinski definition) is 1. The highest BCUT2D eigenvalue weighted by Gasteiger charge is 2.29. The lowest BCUT2D eigenvalue weighted by Crippen LogP contribution is -2.19. The number of nitrogens with zero attached hydrogens (tertiary/aromatic N) is 5. The van der Waals surface area contributed by atoms with Crippen molar-refractivity contribution in [2.75, 3.05) is 5.32 Å². The molecular weight excluding hydrogens is 354 g/mol. The molecule has 3 aromatic heterocycles. The second kappa shape index (κ2) is 6.71. The summed E-state index contributed by atoms with van der Waals surface area (Å²) >= 11 is 0. The Morgan fingerprint density at radius 3 is 2.81 bits per heavy atom. The standard InChI is InChI=1S/C18H20F2N6O/c1-3-25-8-12(7-21-25)22-15(27)9-26-18-16(10(2)24-26)13(17(19)20)6-14(23-18)11-4-5-11/h6-8,11,17H,3-5,9H2,1-2H3,(H,22,27). The molecule has 1 fully saturated rings. The first-order chi connectivity index (χ1) is 13.0. The monoisotopic (exact) mass is 374 g/mol. The summed E-state index contributed by atoms with van der Waals surface area (Å²) in [6.07, 6.45) is 2.58. The molecule has 142 valence electrons. The third-order valence-corrected chi connectivity index (χ3v) is 4.69. The van der Waals surface area contributed by atoms with E-state index < -0.39 is 6.43 Å². The normalized spacial score (nSPS) is 14.3. The fraction of sp³-hybridized carbons (Fsp3) is 0.444. The number of carbonyl (C=O) groups is 1. The zero-order valence-corrected chi connectivity index (χ0v) is 15.1.